The monoisotopic (exact) mass is 457 g/mol. The molecular formula is C22H23N3O6S. The summed E-state index contributed by atoms with van der Waals surface area (Å²) in [5.74, 6) is -1.71. The van der Waals surface area contributed by atoms with E-state index in [1.807, 2.05) is 6.92 Å². The number of benzene rings is 1. The maximum atomic E-state index is 12.8. The molecule has 1 unspecified atom stereocenters. The molecule has 0 amide bonds. The summed E-state index contributed by atoms with van der Waals surface area (Å²) in [7, 11) is 1.28. The smallest absolute Gasteiger partial charge is 0.350 e. The molecule has 168 valence electrons. The van der Waals surface area contributed by atoms with Crippen molar-refractivity contribution in [1.29, 1.82) is 0 Å². The number of thiazole rings is 1. The van der Waals surface area contributed by atoms with E-state index in [9.17, 15) is 19.7 Å². The first-order valence-corrected chi connectivity index (χ1v) is 10.7. The van der Waals surface area contributed by atoms with Gasteiger partial charge < -0.3 is 14.8 Å². The van der Waals surface area contributed by atoms with Crippen LogP contribution in [0.5, 0.6) is 0 Å². The van der Waals surface area contributed by atoms with Gasteiger partial charge in [0.2, 0.25) is 0 Å². The molecule has 3 rings (SSSR count). The van der Waals surface area contributed by atoms with Crippen molar-refractivity contribution < 1.29 is 24.0 Å². The first-order chi connectivity index (χ1) is 15.2. The minimum Gasteiger partial charge on any atom is -0.466 e. The fourth-order valence-corrected chi connectivity index (χ4v) is 4.80. The average molecular weight is 458 g/mol. The van der Waals surface area contributed by atoms with E-state index in [-0.39, 0.29) is 12.3 Å². The van der Waals surface area contributed by atoms with Gasteiger partial charge in [0.05, 0.1) is 29.9 Å². The summed E-state index contributed by atoms with van der Waals surface area (Å²) in [5.41, 5.74) is 3.21. The Morgan fingerprint density at radius 2 is 1.94 bits per heavy atom. The number of carbonyl (C=O) groups is 2. The molecule has 1 aliphatic heterocycles. The van der Waals surface area contributed by atoms with E-state index in [4.69, 9.17) is 9.47 Å². The van der Waals surface area contributed by atoms with Crippen LogP contribution in [0, 0.1) is 17.0 Å². The molecule has 1 aromatic carbocycles. The second kappa shape index (κ2) is 9.31. The van der Waals surface area contributed by atoms with Gasteiger partial charge in [0.15, 0.2) is 0 Å². The summed E-state index contributed by atoms with van der Waals surface area (Å²) < 4.78 is 10.1. The van der Waals surface area contributed by atoms with Gasteiger partial charge in [-0.05, 0) is 33.3 Å². The Balaban J connectivity index is 2.23. The predicted molar refractivity (Wildman–Crippen MR) is 119 cm³/mol. The number of nitro benzene ring substituents is 1. The van der Waals surface area contributed by atoms with Gasteiger partial charge in [-0.1, -0.05) is 12.1 Å². The number of hydrogen-bond donors (Lipinski definition) is 1. The zero-order valence-electron chi connectivity index (χ0n) is 18.3. The fraction of sp³-hybridized carbons (Fsp3) is 0.318. The molecule has 0 aliphatic carbocycles. The van der Waals surface area contributed by atoms with Gasteiger partial charge in [0, 0.05) is 35.0 Å². The lowest BCUT2D eigenvalue weighted by molar-refractivity contribution is -0.384. The second-order valence-corrected chi connectivity index (χ2v) is 8.13. The molecule has 10 heteroatoms. The van der Waals surface area contributed by atoms with Gasteiger partial charge in [-0.15, -0.1) is 11.3 Å². The third-order valence-corrected chi connectivity index (χ3v) is 6.24. The zero-order valence-corrected chi connectivity index (χ0v) is 19.2. The van der Waals surface area contributed by atoms with Crippen LogP contribution in [-0.2, 0) is 14.3 Å². The second-order valence-electron chi connectivity index (χ2n) is 7.13. The van der Waals surface area contributed by atoms with Crippen LogP contribution < -0.4 is 5.32 Å². The lowest BCUT2D eigenvalue weighted by Gasteiger charge is -2.30. The van der Waals surface area contributed by atoms with Crippen molar-refractivity contribution in [2.75, 3.05) is 13.7 Å². The number of nitro groups is 1. The minimum absolute atomic E-state index is 0.0950. The number of dihydropyridines is 1. The number of non-ortho nitro benzene ring substituents is 1. The van der Waals surface area contributed by atoms with Gasteiger partial charge in [-0.3, -0.25) is 10.1 Å². The molecule has 0 radical (unpaired) electrons. The SMILES string of the molecule is CCOC(=O)c1sc(C2=C(C)NC(C)=C(C(=O)OC)C2c2cccc([N+](=O)[O-])c2)nc1C. The van der Waals surface area contributed by atoms with Crippen LogP contribution in [0.2, 0.25) is 0 Å². The maximum Gasteiger partial charge on any atom is 0.350 e. The number of ether oxygens (including phenoxy) is 2. The quantitative estimate of drug-likeness (QED) is 0.391. The van der Waals surface area contributed by atoms with Crippen LogP contribution in [0.25, 0.3) is 5.57 Å². The Bertz CT molecular complexity index is 1160. The molecule has 9 nitrogen and oxygen atoms in total. The highest BCUT2D eigenvalue weighted by Gasteiger charge is 2.37. The van der Waals surface area contributed by atoms with Crippen molar-refractivity contribution in [1.82, 2.24) is 10.3 Å². The van der Waals surface area contributed by atoms with E-state index in [1.54, 1.807) is 32.9 Å². The van der Waals surface area contributed by atoms with Crippen molar-refractivity contribution in [2.45, 2.75) is 33.6 Å². The minimum atomic E-state index is -0.677. The Morgan fingerprint density at radius 1 is 1.22 bits per heavy atom. The lowest BCUT2D eigenvalue weighted by atomic mass is 9.80. The fourth-order valence-electron chi connectivity index (χ4n) is 3.71. The van der Waals surface area contributed by atoms with Crippen LogP contribution in [0.15, 0.2) is 41.2 Å². The van der Waals surface area contributed by atoms with Gasteiger partial charge in [0.1, 0.15) is 9.88 Å². The van der Waals surface area contributed by atoms with E-state index in [0.29, 0.717) is 38.0 Å². The summed E-state index contributed by atoms with van der Waals surface area (Å²) in [6.07, 6.45) is 0. The number of allylic oxidation sites excluding steroid dienone is 3. The Kier molecular flexibility index (Phi) is 6.73. The highest BCUT2D eigenvalue weighted by Crippen LogP contribution is 2.45. The molecular weight excluding hydrogens is 434 g/mol. The van der Waals surface area contributed by atoms with Crippen LogP contribution in [0.1, 0.15) is 52.6 Å². The molecule has 0 spiro atoms. The molecule has 1 aromatic heterocycles. The molecule has 2 aromatic rings. The topological polar surface area (TPSA) is 121 Å². The normalized spacial score (nSPS) is 16.0. The third-order valence-electron chi connectivity index (χ3n) is 5.07. The number of aryl methyl sites for hydroxylation is 1. The van der Waals surface area contributed by atoms with Crippen molar-refractivity contribution in [2.24, 2.45) is 0 Å². The zero-order chi connectivity index (χ0) is 23.6. The Labute approximate surface area is 188 Å². The van der Waals surface area contributed by atoms with Crippen molar-refractivity contribution in [3.63, 3.8) is 0 Å². The molecule has 1 N–H and O–H groups in total. The van der Waals surface area contributed by atoms with Crippen LogP contribution in [-0.4, -0.2) is 35.6 Å². The summed E-state index contributed by atoms with van der Waals surface area (Å²) in [6.45, 7) is 7.25. The molecule has 0 bridgehead atoms. The summed E-state index contributed by atoms with van der Waals surface area (Å²) >= 11 is 1.16. The van der Waals surface area contributed by atoms with E-state index in [2.05, 4.69) is 10.3 Å². The first kappa shape index (κ1) is 23.1. The van der Waals surface area contributed by atoms with E-state index < -0.39 is 22.8 Å². The van der Waals surface area contributed by atoms with E-state index >= 15 is 0 Å². The van der Waals surface area contributed by atoms with Crippen molar-refractivity contribution in [3.05, 3.63) is 72.5 Å². The summed E-state index contributed by atoms with van der Waals surface area (Å²) in [6, 6.07) is 6.12. The highest BCUT2D eigenvalue weighted by molar-refractivity contribution is 7.14. The number of carbonyl (C=O) groups excluding carboxylic acids is 2. The number of methoxy groups -OCH3 is 1. The molecule has 0 saturated heterocycles. The maximum absolute atomic E-state index is 12.8. The lowest BCUT2D eigenvalue weighted by Crippen LogP contribution is -2.28. The number of aromatic nitrogens is 1. The average Bonchev–Trinajstić information content (AvgIpc) is 3.14. The van der Waals surface area contributed by atoms with Gasteiger partial charge >= 0.3 is 11.9 Å². The molecule has 2 heterocycles. The van der Waals surface area contributed by atoms with Crippen molar-refractivity contribution >= 4 is 34.5 Å². The predicted octanol–water partition coefficient (Wildman–Crippen LogP) is 4.10. The molecule has 1 aliphatic rings. The molecule has 0 saturated carbocycles. The summed E-state index contributed by atoms with van der Waals surface area (Å²) in [4.78, 5) is 41.0. The molecule has 0 fully saturated rings. The van der Waals surface area contributed by atoms with Crippen LogP contribution >= 0.6 is 11.3 Å². The number of hydrogen-bond acceptors (Lipinski definition) is 9. The third kappa shape index (κ3) is 4.26. The van der Waals surface area contributed by atoms with E-state index in [0.717, 1.165) is 17.0 Å². The Morgan fingerprint density at radius 3 is 2.56 bits per heavy atom. The molecule has 1 atom stereocenters. The standard InChI is InChI=1S/C22H23N3O6S/c1-6-31-22(27)19-13(4)24-20(32-19)16-11(2)23-12(3)17(21(26)30-5)18(16)14-8-7-9-15(10-14)25(28)29/h7-10,18,23H,6H2,1-5H3. The number of nitrogens with one attached hydrogen (secondary N) is 1. The highest BCUT2D eigenvalue weighted by atomic mass is 32.1. The van der Waals surface area contributed by atoms with Gasteiger partial charge in [0.25, 0.3) is 5.69 Å². The number of nitrogens with zero attached hydrogens (tertiary/aromatic N) is 2. The van der Waals surface area contributed by atoms with Crippen molar-refractivity contribution in [3.8, 4) is 0 Å². The Hall–Kier alpha value is -3.53. The number of rotatable bonds is 6. The summed E-state index contributed by atoms with van der Waals surface area (Å²) in [5, 5.41) is 15.1. The first-order valence-electron chi connectivity index (χ1n) is 9.85. The van der Waals surface area contributed by atoms with Crippen LogP contribution in [0.4, 0.5) is 5.69 Å². The van der Waals surface area contributed by atoms with Gasteiger partial charge in [-0.25, -0.2) is 14.6 Å². The number of esters is 2. The van der Waals surface area contributed by atoms with E-state index in [1.165, 1.54) is 19.2 Å². The largest absolute Gasteiger partial charge is 0.466 e. The van der Waals surface area contributed by atoms with Crippen LogP contribution in [0.3, 0.4) is 0 Å². The molecule has 32 heavy (non-hydrogen) atoms. The van der Waals surface area contributed by atoms with Gasteiger partial charge in [-0.2, -0.15) is 0 Å².